The molecule has 0 spiro atoms. The molecule has 1 aliphatic rings. The van der Waals surface area contributed by atoms with Crippen molar-refractivity contribution in [2.24, 2.45) is 0 Å². The topological polar surface area (TPSA) is 47.5 Å². The van der Waals surface area contributed by atoms with Crippen LogP contribution in [0.3, 0.4) is 0 Å². The molecule has 0 radical (unpaired) electrons. The molecule has 0 bridgehead atoms. The smallest absolute Gasteiger partial charge is 0.218 e. The fourth-order valence-electron chi connectivity index (χ4n) is 2.23. The van der Waals surface area contributed by atoms with Gasteiger partial charge in [-0.15, -0.1) is 0 Å². The molecule has 100 valence electrons. The van der Waals surface area contributed by atoms with Crippen molar-refractivity contribution in [3.8, 4) is 5.88 Å². The van der Waals surface area contributed by atoms with Gasteiger partial charge in [0.2, 0.25) is 5.88 Å². The molecule has 0 aromatic carbocycles. The number of rotatable bonds is 4. The van der Waals surface area contributed by atoms with Gasteiger partial charge in [-0.3, -0.25) is 0 Å². The van der Waals surface area contributed by atoms with E-state index in [1.54, 1.807) is 7.11 Å². The van der Waals surface area contributed by atoms with Crippen LogP contribution in [0.15, 0.2) is 6.07 Å². The second-order valence-corrected chi connectivity index (χ2v) is 4.47. The van der Waals surface area contributed by atoms with E-state index in [-0.39, 0.29) is 0 Å². The summed E-state index contributed by atoms with van der Waals surface area (Å²) >= 11 is 0. The number of piperidine rings is 1. The molecule has 1 aliphatic heterocycles. The van der Waals surface area contributed by atoms with Crippen molar-refractivity contribution in [2.45, 2.75) is 32.8 Å². The van der Waals surface area contributed by atoms with E-state index in [2.05, 4.69) is 14.9 Å². The number of hydrogen-bond donors (Lipinski definition) is 0. The number of ether oxygens (including phenoxy) is 2. The Morgan fingerprint density at radius 1 is 1.33 bits per heavy atom. The van der Waals surface area contributed by atoms with E-state index in [1.807, 2.05) is 19.9 Å². The predicted octanol–water partition coefficient (Wildman–Crippen LogP) is 1.80. The van der Waals surface area contributed by atoms with Crippen LogP contribution in [0.25, 0.3) is 0 Å². The minimum absolute atomic E-state index is 0.385. The summed E-state index contributed by atoms with van der Waals surface area (Å²) in [6.07, 6.45) is 2.48. The van der Waals surface area contributed by atoms with Crippen molar-refractivity contribution < 1.29 is 9.47 Å². The molecule has 1 saturated heterocycles. The number of hydrogen-bond acceptors (Lipinski definition) is 5. The van der Waals surface area contributed by atoms with Crippen LogP contribution in [0.1, 0.15) is 25.6 Å². The van der Waals surface area contributed by atoms with Gasteiger partial charge in [-0.2, -0.15) is 4.98 Å². The summed E-state index contributed by atoms with van der Waals surface area (Å²) in [6.45, 7) is 6.43. The molecule has 1 aromatic rings. The van der Waals surface area contributed by atoms with Crippen molar-refractivity contribution in [1.29, 1.82) is 0 Å². The zero-order valence-corrected chi connectivity index (χ0v) is 11.3. The van der Waals surface area contributed by atoms with Gasteiger partial charge in [-0.05, 0) is 26.7 Å². The fourth-order valence-corrected chi connectivity index (χ4v) is 2.23. The van der Waals surface area contributed by atoms with Crippen LogP contribution < -0.4 is 9.64 Å². The van der Waals surface area contributed by atoms with Crippen LogP contribution in [0.4, 0.5) is 5.82 Å². The van der Waals surface area contributed by atoms with Gasteiger partial charge < -0.3 is 14.4 Å². The summed E-state index contributed by atoms with van der Waals surface area (Å²) in [5.74, 6) is 2.37. The zero-order chi connectivity index (χ0) is 13.0. The Balaban J connectivity index is 2.08. The summed E-state index contributed by atoms with van der Waals surface area (Å²) in [6, 6.07) is 1.92. The van der Waals surface area contributed by atoms with Crippen molar-refractivity contribution in [2.75, 3.05) is 31.7 Å². The number of methoxy groups -OCH3 is 1. The summed E-state index contributed by atoms with van der Waals surface area (Å²) in [7, 11) is 1.78. The lowest BCUT2D eigenvalue weighted by Crippen LogP contribution is -2.37. The lowest BCUT2D eigenvalue weighted by atomic mass is 10.1. The maximum absolute atomic E-state index is 5.46. The molecule has 1 aromatic heterocycles. The average molecular weight is 251 g/mol. The minimum Gasteiger partial charge on any atom is -0.478 e. The van der Waals surface area contributed by atoms with Gasteiger partial charge >= 0.3 is 0 Å². The molecular weight excluding hydrogens is 230 g/mol. The Hall–Kier alpha value is -1.36. The van der Waals surface area contributed by atoms with Gasteiger partial charge in [0.05, 0.1) is 12.7 Å². The van der Waals surface area contributed by atoms with Crippen molar-refractivity contribution in [1.82, 2.24) is 9.97 Å². The Labute approximate surface area is 108 Å². The third-order valence-electron chi connectivity index (χ3n) is 3.19. The van der Waals surface area contributed by atoms with Gasteiger partial charge in [0, 0.05) is 26.3 Å². The monoisotopic (exact) mass is 251 g/mol. The lowest BCUT2D eigenvalue weighted by Gasteiger charge is -2.32. The van der Waals surface area contributed by atoms with Crippen LogP contribution in [0.5, 0.6) is 5.88 Å². The molecule has 5 nitrogen and oxygen atoms in total. The normalized spacial score (nSPS) is 16.9. The van der Waals surface area contributed by atoms with Gasteiger partial charge in [0.1, 0.15) is 11.6 Å². The summed E-state index contributed by atoms with van der Waals surface area (Å²) in [5, 5.41) is 0. The molecule has 2 heterocycles. The minimum atomic E-state index is 0.385. The Morgan fingerprint density at radius 3 is 2.67 bits per heavy atom. The van der Waals surface area contributed by atoms with Gasteiger partial charge in [-0.25, -0.2) is 4.98 Å². The first-order valence-corrected chi connectivity index (χ1v) is 6.49. The number of aromatic nitrogens is 2. The second-order valence-electron chi connectivity index (χ2n) is 4.47. The summed E-state index contributed by atoms with van der Waals surface area (Å²) in [4.78, 5) is 11.0. The van der Waals surface area contributed by atoms with E-state index in [4.69, 9.17) is 9.47 Å². The zero-order valence-electron chi connectivity index (χ0n) is 11.3. The maximum atomic E-state index is 5.46. The Morgan fingerprint density at radius 2 is 2.06 bits per heavy atom. The molecule has 0 atom stereocenters. The van der Waals surface area contributed by atoms with Gasteiger partial charge in [0.25, 0.3) is 0 Å². The quantitative estimate of drug-likeness (QED) is 0.816. The molecule has 0 N–H and O–H groups in total. The maximum Gasteiger partial charge on any atom is 0.218 e. The van der Waals surface area contributed by atoms with Crippen LogP contribution in [-0.4, -0.2) is 42.9 Å². The Kier molecular flexibility index (Phi) is 4.36. The standard InChI is InChI=1S/C13H21N3O2/c1-4-18-13-9-12(14-10(2)15-13)16-7-5-11(17-3)6-8-16/h9,11H,4-8H2,1-3H3. The van der Waals surface area contributed by atoms with Gasteiger partial charge in [-0.1, -0.05) is 0 Å². The largest absolute Gasteiger partial charge is 0.478 e. The highest BCUT2D eigenvalue weighted by Gasteiger charge is 2.20. The first-order valence-electron chi connectivity index (χ1n) is 6.49. The third kappa shape index (κ3) is 3.10. The first kappa shape index (κ1) is 13.1. The molecule has 5 heteroatoms. The third-order valence-corrected chi connectivity index (χ3v) is 3.19. The molecule has 18 heavy (non-hydrogen) atoms. The van der Waals surface area contributed by atoms with Crippen molar-refractivity contribution in [3.63, 3.8) is 0 Å². The molecular formula is C13H21N3O2. The van der Waals surface area contributed by atoms with E-state index >= 15 is 0 Å². The fraction of sp³-hybridized carbons (Fsp3) is 0.692. The summed E-state index contributed by atoms with van der Waals surface area (Å²) in [5.41, 5.74) is 0. The lowest BCUT2D eigenvalue weighted by molar-refractivity contribution is 0.0818. The van der Waals surface area contributed by atoms with Crippen molar-refractivity contribution in [3.05, 3.63) is 11.9 Å². The van der Waals surface area contributed by atoms with Crippen LogP contribution >= 0.6 is 0 Å². The van der Waals surface area contributed by atoms with Crippen LogP contribution in [0, 0.1) is 6.92 Å². The molecule has 0 amide bonds. The van der Waals surface area contributed by atoms with E-state index in [9.17, 15) is 0 Å². The van der Waals surface area contributed by atoms with E-state index < -0.39 is 0 Å². The van der Waals surface area contributed by atoms with E-state index in [0.717, 1.165) is 37.6 Å². The Bertz CT molecular complexity index is 390. The van der Waals surface area contributed by atoms with Crippen molar-refractivity contribution >= 4 is 5.82 Å². The van der Waals surface area contributed by atoms with Crippen LogP contribution in [0.2, 0.25) is 0 Å². The van der Waals surface area contributed by atoms with Gasteiger partial charge in [0.15, 0.2) is 0 Å². The highest BCUT2D eigenvalue weighted by molar-refractivity contribution is 5.42. The molecule has 0 saturated carbocycles. The highest BCUT2D eigenvalue weighted by Crippen LogP contribution is 2.22. The average Bonchev–Trinajstić information content (AvgIpc) is 2.38. The van der Waals surface area contributed by atoms with Crippen LogP contribution in [-0.2, 0) is 4.74 Å². The molecule has 0 aliphatic carbocycles. The van der Waals surface area contributed by atoms with E-state index in [1.165, 1.54) is 0 Å². The number of nitrogens with zero attached hydrogens (tertiary/aromatic N) is 3. The van der Waals surface area contributed by atoms with E-state index in [0.29, 0.717) is 18.6 Å². The number of aryl methyl sites for hydroxylation is 1. The SMILES string of the molecule is CCOc1cc(N2CCC(OC)CC2)nc(C)n1. The first-order chi connectivity index (χ1) is 8.72. The molecule has 0 unspecified atom stereocenters. The molecule has 2 rings (SSSR count). The molecule has 1 fully saturated rings. The predicted molar refractivity (Wildman–Crippen MR) is 70.2 cm³/mol. The number of anilines is 1. The summed E-state index contributed by atoms with van der Waals surface area (Å²) < 4.78 is 10.8. The highest BCUT2D eigenvalue weighted by atomic mass is 16.5. The second kappa shape index (κ2) is 6.00.